The molecule has 0 amide bonds. The molecule has 26 heavy (non-hydrogen) atoms. The molecule has 0 saturated heterocycles. The summed E-state index contributed by atoms with van der Waals surface area (Å²) >= 11 is 0. The predicted octanol–water partition coefficient (Wildman–Crippen LogP) is 3.17. The van der Waals surface area contributed by atoms with Crippen LogP contribution in [-0.4, -0.2) is 19.4 Å². The Bertz CT molecular complexity index is 901. The van der Waals surface area contributed by atoms with Gasteiger partial charge >= 0.3 is 0 Å². The number of hydrogen-bond acceptors (Lipinski definition) is 2. The minimum absolute atomic E-state index is 0.334. The lowest BCUT2D eigenvalue weighted by atomic mass is 10.1. The van der Waals surface area contributed by atoms with E-state index in [4.69, 9.17) is 0 Å². The summed E-state index contributed by atoms with van der Waals surface area (Å²) in [5, 5.41) is 24.5. The number of phenolic OH excluding ortho intramolecular Hbond substituents is 2. The van der Waals surface area contributed by atoms with E-state index >= 15 is 0 Å². The van der Waals surface area contributed by atoms with Crippen LogP contribution >= 0.6 is 7.47 Å². The van der Waals surface area contributed by atoms with Crippen molar-refractivity contribution in [2.45, 2.75) is 27.7 Å². The maximum atomic E-state index is 10.6. The smallest absolute Gasteiger partial charge is 0.123 e. The van der Waals surface area contributed by atoms with Crippen molar-refractivity contribution in [3.8, 4) is 11.5 Å². The first-order valence-electron chi connectivity index (χ1n) is 8.78. The molecule has 0 unspecified atom stereocenters. The monoisotopic (exact) mass is 380 g/mol. The van der Waals surface area contributed by atoms with Crippen LogP contribution in [0.2, 0.25) is 0 Å². The van der Waals surface area contributed by atoms with E-state index in [9.17, 15) is 10.2 Å². The second kappa shape index (κ2) is 7.65. The zero-order valence-corrected chi connectivity index (χ0v) is 18.1. The highest BCUT2D eigenvalue weighted by Crippen LogP contribution is 2.38. The van der Waals surface area contributed by atoms with E-state index in [0.29, 0.717) is 11.5 Å². The van der Waals surface area contributed by atoms with Crippen molar-refractivity contribution >= 4 is 32.5 Å². The maximum Gasteiger partial charge on any atom is 0.123 e. The zero-order valence-electron chi connectivity index (χ0n) is 15.7. The highest BCUT2D eigenvalue weighted by molar-refractivity contribution is 7.99. The molecule has 0 bridgehead atoms. The van der Waals surface area contributed by atoms with Gasteiger partial charge in [-0.25, -0.2) is 0 Å². The third kappa shape index (κ3) is 3.84. The SMILES string of the molecule is Cc1ccc(O)c(P([SiH2]c2cccc(C)c2C)c2cc(C)ccc2O)c1. The van der Waals surface area contributed by atoms with Gasteiger partial charge in [0.05, 0.1) is 9.19 Å². The minimum Gasteiger partial charge on any atom is -0.507 e. The number of aromatic hydroxyl groups is 2. The molecule has 4 heteroatoms. The van der Waals surface area contributed by atoms with E-state index in [-0.39, 0.29) is 0 Å². The highest BCUT2D eigenvalue weighted by atomic mass is 31.4. The van der Waals surface area contributed by atoms with Crippen molar-refractivity contribution in [3.05, 3.63) is 76.9 Å². The molecule has 3 aromatic rings. The van der Waals surface area contributed by atoms with Gasteiger partial charge in [0.2, 0.25) is 0 Å². The predicted molar refractivity (Wildman–Crippen MR) is 116 cm³/mol. The van der Waals surface area contributed by atoms with Gasteiger partial charge in [-0.2, -0.15) is 0 Å². The van der Waals surface area contributed by atoms with E-state index in [1.807, 2.05) is 26.0 Å². The van der Waals surface area contributed by atoms with E-state index in [0.717, 1.165) is 21.7 Å². The van der Waals surface area contributed by atoms with Crippen LogP contribution in [0.15, 0.2) is 54.6 Å². The van der Waals surface area contributed by atoms with Crippen molar-refractivity contribution in [3.63, 3.8) is 0 Å². The molecule has 0 spiro atoms. The van der Waals surface area contributed by atoms with Crippen LogP contribution in [0, 0.1) is 27.7 Å². The molecule has 0 saturated carbocycles. The van der Waals surface area contributed by atoms with Gasteiger partial charge in [0, 0.05) is 10.6 Å². The van der Waals surface area contributed by atoms with E-state index in [2.05, 4.69) is 44.2 Å². The van der Waals surface area contributed by atoms with Gasteiger partial charge in [-0.15, -0.1) is 0 Å². The first-order chi connectivity index (χ1) is 12.4. The largest absolute Gasteiger partial charge is 0.507 e. The zero-order chi connectivity index (χ0) is 18.8. The van der Waals surface area contributed by atoms with Crippen LogP contribution in [0.4, 0.5) is 0 Å². The topological polar surface area (TPSA) is 40.5 Å². The Morgan fingerprint density at radius 2 is 1.27 bits per heavy atom. The summed E-state index contributed by atoms with van der Waals surface area (Å²) in [4.78, 5) is 0. The van der Waals surface area contributed by atoms with Crippen molar-refractivity contribution < 1.29 is 10.2 Å². The average Bonchev–Trinajstić information content (AvgIpc) is 2.61. The van der Waals surface area contributed by atoms with Gasteiger partial charge in [0.1, 0.15) is 11.5 Å². The Hall–Kier alpha value is -2.09. The van der Waals surface area contributed by atoms with Crippen molar-refractivity contribution in [2.24, 2.45) is 0 Å². The molecule has 0 aliphatic rings. The molecule has 134 valence electrons. The molecule has 3 aromatic carbocycles. The quantitative estimate of drug-likeness (QED) is 0.539. The van der Waals surface area contributed by atoms with Gasteiger partial charge in [-0.1, -0.05) is 54.1 Å². The maximum absolute atomic E-state index is 10.6. The second-order valence-corrected chi connectivity index (χ2v) is 12.7. The molecule has 0 aliphatic carbocycles. The fraction of sp³-hybridized carbons (Fsp3) is 0.182. The van der Waals surface area contributed by atoms with Crippen LogP contribution in [0.3, 0.4) is 0 Å². The number of hydrogen-bond donors (Lipinski definition) is 2. The van der Waals surface area contributed by atoms with Crippen molar-refractivity contribution in [1.82, 2.24) is 0 Å². The first kappa shape index (κ1) is 18.7. The summed E-state index contributed by atoms with van der Waals surface area (Å²) < 4.78 is 0. The van der Waals surface area contributed by atoms with Crippen molar-refractivity contribution in [2.75, 3.05) is 0 Å². The number of benzene rings is 3. The van der Waals surface area contributed by atoms with Crippen LogP contribution in [-0.2, 0) is 0 Å². The van der Waals surface area contributed by atoms with E-state index in [1.165, 1.54) is 16.3 Å². The fourth-order valence-corrected chi connectivity index (χ4v) is 10.9. The Morgan fingerprint density at radius 1 is 0.731 bits per heavy atom. The number of rotatable bonds is 4. The van der Waals surface area contributed by atoms with E-state index < -0.39 is 16.7 Å². The summed E-state index contributed by atoms with van der Waals surface area (Å²) in [6, 6.07) is 18.1. The van der Waals surface area contributed by atoms with E-state index in [1.54, 1.807) is 12.1 Å². The Kier molecular flexibility index (Phi) is 5.50. The van der Waals surface area contributed by atoms with Gasteiger partial charge in [-0.05, 0) is 63.1 Å². The third-order valence-electron chi connectivity index (χ3n) is 4.89. The van der Waals surface area contributed by atoms with Gasteiger partial charge in [0.15, 0.2) is 0 Å². The van der Waals surface area contributed by atoms with Crippen LogP contribution < -0.4 is 15.8 Å². The van der Waals surface area contributed by atoms with Gasteiger partial charge in [-0.3, -0.25) is 0 Å². The Labute approximate surface area is 159 Å². The summed E-state index contributed by atoms with van der Waals surface area (Å²) in [5.41, 5.74) is 4.90. The molecular formula is C22H25O2PSi. The third-order valence-corrected chi connectivity index (χ3v) is 12.2. The lowest BCUT2D eigenvalue weighted by Crippen LogP contribution is -2.26. The molecule has 0 fully saturated rings. The molecule has 2 nitrogen and oxygen atoms in total. The van der Waals surface area contributed by atoms with Crippen LogP contribution in [0.5, 0.6) is 11.5 Å². The molecule has 0 aromatic heterocycles. The average molecular weight is 381 g/mol. The molecule has 2 N–H and O–H groups in total. The Morgan fingerprint density at radius 3 is 1.81 bits per heavy atom. The molecular weight excluding hydrogens is 355 g/mol. The Balaban J connectivity index is 2.17. The lowest BCUT2D eigenvalue weighted by molar-refractivity contribution is 0.479. The van der Waals surface area contributed by atoms with Crippen molar-refractivity contribution in [1.29, 1.82) is 0 Å². The van der Waals surface area contributed by atoms with Crippen LogP contribution in [0.25, 0.3) is 0 Å². The lowest BCUT2D eigenvalue weighted by Gasteiger charge is -2.23. The minimum atomic E-state index is -0.791. The number of phenols is 2. The van der Waals surface area contributed by atoms with Gasteiger partial charge < -0.3 is 10.2 Å². The summed E-state index contributed by atoms with van der Waals surface area (Å²) in [5.74, 6) is 0.667. The van der Waals surface area contributed by atoms with Gasteiger partial charge in [0.25, 0.3) is 0 Å². The highest BCUT2D eigenvalue weighted by Gasteiger charge is 2.22. The fourth-order valence-electron chi connectivity index (χ4n) is 3.15. The normalized spacial score (nSPS) is 11.6. The summed E-state index contributed by atoms with van der Waals surface area (Å²) in [6.45, 7) is 8.42. The molecule has 0 atom stereocenters. The summed E-state index contributed by atoms with van der Waals surface area (Å²) in [7, 11) is -1.57. The standard InChI is InChI=1S/C22H25O2PSi/c1-14-8-10-18(23)20(12-14)25(21-13-15(2)9-11-19(21)24)26-22-7-5-6-16(3)17(22)4/h5-13,23-24H,26H2,1-4H3. The first-order valence-corrected chi connectivity index (χ1v) is 12.9. The molecule has 0 radical (unpaired) electrons. The van der Waals surface area contributed by atoms with Crippen LogP contribution in [0.1, 0.15) is 22.3 Å². The number of aryl methyl sites for hydroxylation is 3. The summed E-state index contributed by atoms with van der Waals surface area (Å²) in [6.07, 6.45) is 0. The molecule has 0 heterocycles. The second-order valence-electron chi connectivity index (χ2n) is 6.93. The molecule has 3 rings (SSSR count). The molecule has 0 aliphatic heterocycles.